The third-order valence-corrected chi connectivity index (χ3v) is 2.76. The van der Waals surface area contributed by atoms with E-state index in [9.17, 15) is 4.79 Å². The van der Waals surface area contributed by atoms with Crippen LogP contribution in [0.25, 0.3) is 0 Å². The van der Waals surface area contributed by atoms with Crippen molar-refractivity contribution in [1.82, 2.24) is 4.90 Å². The second kappa shape index (κ2) is 3.54. The Balaban J connectivity index is 2.53. The van der Waals surface area contributed by atoms with Gasteiger partial charge in [0.2, 0.25) is 5.91 Å². The lowest BCUT2D eigenvalue weighted by Crippen LogP contribution is -2.41. The number of hydrogen-bond donors (Lipinski definition) is 1. The van der Waals surface area contributed by atoms with E-state index in [0.29, 0.717) is 6.54 Å². The van der Waals surface area contributed by atoms with E-state index in [2.05, 4.69) is 20.8 Å². The average Bonchev–Trinajstić information content (AvgIpc) is 2.80. The van der Waals surface area contributed by atoms with Crippen molar-refractivity contribution >= 4 is 5.91 Å². The van der Waals surface area contributed by atoms with Crippen LogP contribution in [-0.4, -0.2) is 30.9 Å². The Hall–Kier alpha value is -0.570. The smallest absolute Gasteiger partial charge is 0.229 e. The second-order valence-electron chi connectivity index (χ2n) is 5.71. The van der Waals surface area contributed by atoms with Gasteiger partial charge in [-0.15, -0.1) is 0 Å². The van der Waals surface area contributed by atoms with E-state index in [0.717, 1.165) is 19.4 Å². The fourth-order valence-electron chi connectivity index (χ4n) is 1.84. The highest BCUT2D eigenvalue weighted by atomic mass is 16.2. The van der Waals surface area contributed by atoms with Crippen LogP contribution in [0.4, 0.5) is 0 Å². The van der Waals surface area contributed by atoms with Gasteiger partial charge in [-0.05, 0) is 18.3 Å². The average molecular weight is 198 g/mol. The SMILES string of the molecule is CN(CC(C)(C)C)C(=O)C1(CN)CC1. The monoisotopic (exact) mass is 198 g/mol. The molecule has 2 N–H and O–H groups in total. The molecule has 0 spiro atoms. The Morgan fingerprint density at radius 3 is 2.21 bits per heavy atom. The van der Waals surface area contributed by atoms with E-state index in [4.69, 9.17) is 5.73 Å². The number of nitrogens with zero attached hydrogens (tertiary/aromatic N) is 1. The molecule has 0 saturated heterocycles. The topological polar surface area (TPSA) is 46.3 Å². The molecule has 1 aliphatic rings. The molecule has 0 aromatic carbocycles. The van der Waals surface area contributed by atoms with Crippen molar-refractivity contribution in [2.24, 2.45) is 16.6 Å². The summed E-state index contributed by atoms with van der Waals surface area (Å²) in [4.78, 5) is 13.8. The molecule has 1 aliphatic carbocycles. The second-order valence-corrected chi connectivity index (χ2v) is 5.71. The van der Waals surface area contributed by atoms with Crippen LogP contribution >= 0.6 is 0 Å². The van der Waals surface area contributed by atoms with Gasteiger partial charge in [0.15, 0.2) is 0 Å². The maximum atomic E-state index is 12.0. The molecule has 0 bridgehead atoms. The van der Waals surface area contributed by atoms with Crippen molar-refractivity contribution in [2.75, 3.05) is 20.1 Å². The number of amides is 1. The highest BCUT2D eigenvalue weighted by molar-refractivity contribution is 5.85. The molecule has 0 aromatic heterocycles. The zero-order valence-corrected chi connectivity index (χ0v) is 9.76. The maximum absolute atomic E-state index is 12.0. The molecule has 1 fully saturated rings. The summed E-state index contributed by atoms with van der Waals surface area (Å²) in [5.41, 5.74) is 5.59. The van der Waals surface area contributed by atoms with Crippen molar-refractivity contribution in [1.29, 1.82) is 0 Å². The van der Waals surface area contributed by atoms with Gasteiger partial charge < -0.3 is 10.6 Å². The van der Waals surface area contributed by atoms with Crippen LogP contribution in [0, 0.1) is 10.8 Å². The number of nitrogens with two attached hydrogens (primary N) is 1. The van der Waals surface area contributed by atoms with Crippen molar-refractivity contribution in [3.05, 3.63) is 0 Å². The van der Waals surface area contributed by atoms with Crippen LogP contribution in [-0.2, 0) is 4.79 Å². The van der Waals surface area contributed by atoms with E-state index in [1.54, 1.807) is 0 Å². The molecule has 3 nitrogen and oxygen atoms in total. The Kier molecular flexibility index (Phi) is 2.91. The first-order chi connectivity index (χ1) is 6.31. The molecular weight excluding hydrogens is 176 g/mol. The lowest BCUT2D eigenvalue weighted by Gasteiger charge is -2.29. The molecule has 0 heterocycles. The van der Waals surface area contributed by atoms with Crippen LogP contribution in [0.5, 0.6) is 0 Å². The minimum atomic E-state index is -0.194. The van der Waals surface area contributed by atoms with E-state index < -0.39 is 0 Å². The highest BCUT2D eigenvalue weighted by Gasteiger charge is 2.50. The van der Waals surface area contributed by atoms with Gasteiger partial charge in [-0.2, -0.15) is 0 Å². The molecule has 0 radical (unpaired) electrons. The van der Waals surface area contributed by atoms with E-state index >= 15 is 0 Å². The van der Waals surface area contributed by atoms with Gasteiger partial charge in [0.05, 0.1) is 5.41 Å². The quantitative estimate of drug-likeness (QED) is 0.741. The molecule has 0 aliphatic heterocycles. The molecule has 0 aromatic rings. The summed E-state index contributed by atoms with van der Waals surface area (Å²) < 4.78 is 0. The van der Waals surface area contributed by atoms with Crippen LogP contribution in [0.2, 0.25) is 0 Å². The van der Waals surface area contributed by atoms with Crippen LogP contribution in [0.3, 0.4) is 0 Å². The zero-order chi connectivity index (χ0) is 11.0. The molecule has 1 saturated carbocycles. The van der Waals surface area contributed by atoms with Crippen molar-refractivity contribution < 1.29 is 4.79 Å². The predicted molar refractivity (Wildman–Crippen MR) is 57.8 cm³/mol. The number of carbonyl (C=O) groups excluding carboxylic acids is 1. The maximum Gasteiger partial charge on any atom is 0.229 e. The van der Waals surface area contributed by atoms with Crippen LogP contribution in [0.1, 0.15) is 33.6 Å². The molecular formula is C11H22N2O. The normalized spacial score (nSPS) is 19.2. The Labute approximate surface area is 86.6 Å². The summed E-state index contributed by atoms with van der Waals surface area (Å²) in [6.07, 6.45) is 1.94. The first kappa shape index (κ1) is 11.5. The number of carbonyl (C=O) groups is 1. The largest absolute Gasteiger partial charge is 0.345 e. The molecule has 0 unspecified atom stereocenters. The zero-order valence-electron chi connectivity index (χ0n) is 9.76. The lowest BCUT2D eigenvalue weighted by molar-refractivity contribution is -0.136. The molecule has 1 rings (SSSR count). The first-order valence-electron chi connectivity index (χ1n) is 5.26. The van der Waals surface area contributed by atoms with Gasteiger partial charge in [-0.1, -0.05) is 20.8 Å². The van der Waals surface area contributed by atoms with Crippen molar-refractivity contribution in [3.63, 3.8) is 0 Å². The van der Waals surface area contributed by atoms with Crippen molar-refractivity contribution in [2.45, 2.75) is 33.6 Å². The lowest BCUT2D eigenvalue weighted by atomic mass is 9.95. The summed E-state index contributed by atoms with van der Waals surface area (Å²) >= 11 is 0. The van der Waals surface area contributed by atoms with Gasteiger partial charge in [-0.25, -0.2) is 0 Å². The third-order valence-electron chi connectivity index (χ3n) is 2.76. The summed E-state index contributed by atoms with van der Waals surface area (Å²) in [7, 11) is 1.88. The number of hydrogen-bond acceptors (Lipinski definition) is 2. The first-order valence-corrected chi connectivity index (χ1v) is 5.26. The fraction of sp³-hybridized carbons (Fsp3) is 0.909. The predicted octanol–water partition coefficient (Wildman–Crippen LogP) is 1.23. The summed E-state index contributed by atoms with van der Waals surface area (Å²) in [6.45, 7) is 7.71. The number of rotatable bonds is 3. The van der Waals surface area contributed by atoms with E-state index in [-0.39, 0.29) is 16.7 Å². The Morgan fingerprint density at radius 2 is 1.93 bits per heavy atom. The standard InChI is InChI=1S/C11H22N2O/c1-10(2,3)8-13(4)9(14)11(7-12)5-6-11/h5-8,12H2,1-4H3. The summed E-state index contributed by atoms with van der Waals surface area (Å²) in [5.74, 6) is 0.231. The third kappa shape index (κ3) is 2.47. The van der Waals surface area contributed by atoms with Gasteiger partial charge in [0.25, 0.3) is 0 Å². The molecule has 1 amide bonds. The van der Waals surface area contributed by atoms with Gasteiger partial charge in [-0.3, -0.25) is 4.79 Å². The van der Waals surface area contributed by atoms with Crippen molar-refractivity contribution in [3.8, 4) is 0 Å². The minimum Gasteiger partial charge on any atom is -0.345 e. The molecule has 0 atom stereocenters. The van der Waals surface area contributed by atoms with E-state index in [1.165, 1.54) is 0 Å². The van der Waals surface area contributed by atoms with Gasteiger partial charge >= 0.3 is 0 Å². The Morgan fingerprint density at radius 1 is 1.43 bits per heavy atom. The van der Waals surface area contributed by atoms with Crippen LogP contribution in [0.15, 0.2) is 0 Å². The molecule has 3 heteroatoms. The molecule has 14 heavy (non-hydrogen) atoms. The highest BCUT2D eigenvalue weighted by Crippen LogP contribution is 2.46. The van der Waals surface area contributed by atoms with E-state index in [1.807, 2.05) is 11.9 Å². The van der Waals surface area contributed by atoms with Gasteiger partial charge in [0, 0.05) is 20.1 Å². The minimum absolute atomic E-state index is 0.162. The molecule has 82 valence electrons. The van der Waals surface area contributed by atoms with Gasteiger partial charge in [0.1, 0.15) is 0 Å². The Bertz CT molecular complexity index is 226. The fourth-order valence-corrected chi connectivity index (χ4v) is 1.84. The van der Waals surface area contributed by atoms with Crippen LogP contribution < -0.4 is 5.73 Å². The summed E-state index contributed by atoms with van der Waals surface area (Å²) in [5, 5.41) is 0. The summed E-state index contributed by atoms with van der Waals surface area (Å²) in [6, 6.07) is 0.